The Hall–Kier alpha value is -3.85. The van der Waals surface area contributed by atoms with Gasteiger partial charge in [0.25, 0.3) is 5.91 Å². The second-order valence-electron chi connectivity index (χ2n) is 6.29. The van der Waals surface area contributed by atoms with Gasteiger partial charge < -0.3 is 15.4 Å². The molecule has 0 radical (unpaired) electrons. The maximum Gasteiger partial charge on any atom is 0.276 e. The van der Waals surface area contributed by atoms with Crippen LogP contribution in [0.15, 0.2) is 54.9 Å². The summed E-state index contributed by atoms with van der Waals surface area (Å²) in [5, 5.41) is 6.08. The van der Waals surface area contributed by atoms with Crippen LogP contribution in [0, 0.1) is 0 Å². The van der Waals surface area contributed by atoms with Gasteiger partial charge in [-0.3, -0.25) is 9.59 Å². The largest absolute Gasteiger partial charge is 0.495 e. The van der Waals surface area contributed by atoms with Crippen molar-refractivity contribution in [1.82, 2.24) is 15.0 Å². The Morgan fingerprint density at radius 3 is 2.60 bits per heavy atom. The summed E-state index contributed by atoms with van der Waals surface area (Å²) in [6.45, 7) is 1.41. The van der Waals surface area contributed by atoms with Crippen LogP contribution in [0.2, 0.25) is 0 Å². The predicted molar refractivity (Wildman–Crippen MR) is 116 cm³/mol. The Kier molecular flexibility index (Phi) is 5.36. The number of methoxy groups -OCH3 is 1. The van der Waals surface area contributed by atoms with E-state index in [2.05, 4.69) is 25.6 Å². The van der Waals surface area contributed by atoms with Crippen molar-refractivity contribution < 1.29 is 14.3 Å². The maximum atomic E-state index is 13.0. The molecule has 8 nitrogen and oxygen atoms in total. The van der Waals surface area contributed by atoms with Crippen molar-refractivity contribution in [1.29, 1.82) is 0 Å². The number of ether oxygens (including phenoxy) is 1. The molecular formula is C21H17N5O3S. The number of nitrogens with one attached hydrogen (secondary N) is 2. The van der Waals surface area contributed by atoms with Gasteiger partial charge in [0.1, 0.15) is 16.5 Å². The third kappa shape index (κ3) is 3.96. The summed E-state index contributed by atoms with van der Waals surface area (Å²) in [7, 11) is 1.50. The van der Waals surface area contributed by atoms with Crippen LogP contribution in [-0.4, -0.2) is 33.9 Å². The minimum Gasteiger partial charge on any atom is -0.495 e. The van der Waals surface area contributed by atoms with Gasteiger partial charge in [0.2, 0.25) is 5.91 Å². The van der Waals surface area contributed by atoms with Gasteiger partial charge in [0.15, 0.2) is 5.69 Å². The van der Waals surface area contributed by atoms with Crippen LogP contribution in [-0.2, 0) is 4.79 Å². The minimum atomic E-state index is -0.462. The third-order valence-electron chi connectivity index (χ3n) is 4.18. The van der Waals surface area contributed by atoms with Gasteiger partial charge in [-0.05, 0) is 30.3 Å². The third-order valence-corrected chi connectivity index (χ3v) is 5.22. The first-order valence-corrected chi connectivity index (χ1v) is 9.80. The zero-order valence-corrected chi connectivity index (χ0v) is 17.0. The smallest absolute Gasteiger partial charge is 0.276 e. The van der Waals surface area contributed by atoms with Crippen molar-refractivity contribution in [3.05, 3.63) is 60.6 Å². The summed E-state index contributed by atoms with van der Waals surface area (Å²) in [5.74, 6) is -0.233. The van der Waals surface area contributed by atoms with E-state index in [4.69, 9.17) is 4.74 Å². The van der Waals surface area contributed by atoms with E-state index >= 15 is 0 Å². The number of fused-ring (bicyclic) bond motifs is 1. The number of carbonyl (C=O) groups excluding carboxylic acids is 2. The molecule has 0 spiro atoms. The Bertz CT molecular complexity index is 1220. The van der Waals surface area contributed by atoms with Gasteiger partial charge in [0.05, 0.1) is 23.0 Å². The van der Waals surface area contributed by atoms with Crippen molar-refractivity contribution in [3.63, 3.8) is 0 Å². The van der Waals surface area contributed by atoms with Crippen molar-refractivity contribution in [2.24, 2.45) is 0 Å². The fraction of sp³-hybridized carbons (Fsp3) is 0.0952. The Balaban J connectivity index is 1.69. The minimum absolute atomic E-state index is 0.142. The van der Waals surface area contributed by atoms with E-state index in [0.29, 0.717) is 27.8 Å². The van der Waals surface area contributed by atoms with E-state index < -0.39 is 5.91 Å². The number of amides is 2. The average molecular weight is 419 g/mol. The molecule has 0 unspecified atom stereocenters. The highest BCUT2D eigenvalue weighted by Crippen LogP contribution is 2.32. The molecule has 2 amide bonds. The molecule has 2 aromatic heterocycles. The highest BCUT2D eigenvalue weighted by atomic mass is 32.1. The van der Waals surface area contributed by atoms with E-state index in [1.54, 1.807) is 18.2 Å². The summed E-state index contributed by atoms with van der Waals surface area (Å²) < 4.78 is 6.32. The molecule has 9 heteroatoms. The molecule has 0 aliphatic heterocycles. The van der Waals surface area contributed by atoms with Crippen LogP contribution in [0.1, 0.15) is 17.4 Å². The number of hydrogen-bond acceptors (Lipinski definition) is 7. The number of rotatable bonds is 5. The van der Waals surface area contributed by atoms with Gasteiger partial charge in [-0.15, -0.1) is 11.3 Å². The van der Waals surface area contributed by atoms with Crippen molar-refractivity contribution in [3.8, 4) is 16.5 Å². The van der Waals surface area contributed by atoms with Crippen LogP contribution >= 0.6 is 11.3 Å². The molecule has 2 aromatic carbocycles. The first-order chi connectivity index (χ1) is 14.5. The van der Waals surface area contributed by atoms with Crippen molar-refractivity contribution in [2.75, 3.05) is 17.7 Å². The van der Waals surface area contributed by atoms with Gasteiger partial charge in [-0.25, -0.2) is 15.0 Å². The van der Waals surface area contributed by atoms with Crippen LogP contribution < -0.4 is 15.4 Å². The molecule has 0 bridgehead atoms. The van der Waals surface area contributed by atoms with E-state index in [1.165, 1.54) is 37.8 Å². The molecule has 2 heterocycles. The molecule has 0 atom stereocenters. The first kappa shape index (κ1) is 19.5. The molecule has 30 heavy (non-hydrogen) atoms. The highest BCUT2D eigenvalue weighted by Gasteiger charge is 2.20. The number of hydrogen-bond donors (Lipinski definition) is 2. The van der Waals surface area contributed by atoms with Crippen LogP contribution in [0.5, 0.6) is 5.75 Å². The molecule has 0 aliphatic carbocycles. The van der Waals surface area contributed by atoms with Gasteiger partial charge in [-0.2, -0.15) is 0 Å². The zero-order valence-electron chi connectivity index (χ0n) is 16.2. The highest BCUT2D eigenvalue weighted by molar-refractivity contribution is 7.21. The van der Waals surface area contributed by atoms with E-state index in [0.717, 1.165) is 10.2 Å². The maximum absolute atomic E-state index is 13.0. The standard InChI is InChI=1S/C21H17N5O3S/c1-12(27)24-13-7-8-16(29-2)15(11-13)25-20(28)18-19(23-10-9-22-18)21-26-14-5-3-4-6-17(14)30-21/h3-11H,1-2H3,(H,24,27)(H,25,28). The Morgan fingerprint density at radius 1 is 1.03 bits per heavy atom. The zero-order chi connectivity index (χ0) is 21.1. The number of anilines is 2. The van der Waals surface area contributed by atoms with Crippen LogP contribution in [0.25, 0.3) is 20.9 Å². The lowest BCUT2D eigenvalue weighted by Gasteiger charge is -2.13. The SMILES string of the molecule is COc1ccc(NC(C)=O)cc1NC(=O)c1nccnc1-c1nc2ccccc2s1. The van der Waals surface area contributed by atoms with E-state index in [9.17, 15) is 9.59 Å². The Morgan fingerprint density at radius 2 is 1.83 bits per heavy atom. The van der Waals surface area contributed by atoms with Crippen molar-refractivity contribution in [2.45, 2.75) is 6.92 Å². The summed E-state index contributed by atoms with van der Waals surface area (Å²) in [6.07, 6.45) is 2.98. The van der Waals surface area contributed by atoms with E-state index in [1.807, 2.05) is 24.3 Å². The normalized spacial score (nSPS) is 10.6. The molecule has 0 saturated heterocycles. The molecule has 4 rings (SSSR count). The fourth-order valence-electron chi connectivity index (χ4n) is 2.90. The van der Waals surface area contributed by atoms with Gasteiger partial charge in [-0.1, -0.05) is 12.1 Å². The lowest BCUT2D eigenvalue weighted by molar-refractivity contribution is -0.114. The second-order valence-corrected chi connectivity index (χ2v) is 7.32. The number of aromatic nitrogens is 3. The average Bonchev–Trinajstić information content (AvgIpc) is 3.18. The lowest BCUT2D eigenvalue weighted by Crippen LogP contribution is -2.16. The molecule has 0 aliphatic rings. The van der Waals surface area contributed by atoms with Crippen LogP contribution in [0.3, 0.4) is 0 Å². The molecular weight excluding hydrogens is 402 g/mol. The Labute approximate surface area is 176 Å². The van der Waals surface area contributed by atoms with Crippen LogP contribution in [0.4, 0.5) is 11.4 Å². The molecule has 2 N–H and O–H groups in total. The van der Waals surface area contributed by atoms with Crippen molar-refractivity contribution >= 4 is 44.7 Å². The predicted octanol–water partition coefficient (Wildman–Crippen LogP) is 3.97. The quantitative estimate of drug-likeness (QED) is 0.507. The number of carbonyl (C=O) groups is 2. The van der Waals surface area contributed by atoms with E-state index in [-0.39, 0.29) is 11.6 Å². The van der Waals surface area contributed by atoms with Gasteiger partial charge >= 0.3 is 0 Å². The fourth-order valence-corrected chi connectivity index (χ4v) is 3.87. The monoisotopic (exact) mass is 419 g/mol. The summed E-state index contributed by atoms with van der Waals surface area (Å²) in [6, 6.07) is 12.7. The summed E-state index contributed by atoms with van der Waals surface area (Å²) >= 11 is 1.44. The molecule has 150 valence electrons. The molecule has 0 saturated carbocycles. The number of para-hydroxylation sites is 1. The lowest BCUT2D eigenvalue weighted by atomic mass is 10.2. The number of benzene rings is 2. The topological polar surface area (TPSA) is 106 Å². The number of nitrogens with zero attached hydrogens (tertiary/aromatic N) is 3. The molecule has 4 aromatic rings. The number of thiazole rings is 1. The summed E-state index contributed by atoms with van der Waals surface area (Å²) in [5.41, 5.74) is 2.30. The second kappa shape index (κ2) is 8.26. The first-order valence-electron chi connectivity index (χ1n) is 8.99. The summed E-state index contributed by atoms with van der Waals surface area (Å²) in [4.78, 5) is 37.5. The van der Waals surface area contributed by atoms with Gasteiger partial charge in [0, 0.05) is 25.0 Å². The molecule has 0 fully saturated rings.